The van der Waals surface area contributed by atoms with E-state index in [4.69, 9.17) is 0 Å². The highest BCUT2D eigenvalue weighted by Gasteiger charge is 2.13. The highest BCUT2D eigenvalue weighted by molar-refractivity contribution is 7.19. The first-order chi connectivity index (χ1) is 13.7. The maximum absolute atomic E-state index is 10.5. The molecule has 28 heavy (non-hydrogen) atoms. The van der Waals surface area contributed by atoms with Crippen molar-refractivity contribution in [2.24, 2.45) is 12.0 Å². The standard InChI is InChI=1S/C21H23N5OS/c1-22-21(24-13-20-25-15-8-4-5-9-16(15)26(20)2)23-12-17(27)19-11-14-7-3-6-10-18(14)28-19/h3-11,17,27H,12-13H2,1-2H3,(H2,22,23,24). The summed E-state index contributed by atoms with van der Waals surface area (Å²) < 4.78 is 3.25. The number of aromatic nitrogens is 2. The number of fused-ring (bicyclic) bond motifs is 2. The average Bonchev–Trinajstić information content (AvgIpc) is 3.29. The molecule has 0 spiro atoms. The summed E-state index contributed by atoms with van der Waals surface area (Å²) >= 11 is 1.62. The van der Waals surface area contributed by atoms with E-state index in [1.807, 2.05) is 43.4 Å². The van der Waals surface area contributed by atoms with Crippen LogP contribution in [0.15, 0.2) is 59.6 Å². The molecule has 0 radical (unpaired) electrons. The van der Waals surface area contributed by atoms with Gasteiger partial charge in [0.05, 0.1) is 17.6 Å². The fourth-order valence-corrected chi connectivity index (χ4v) is 4.25. The van der Waals surface area contributed by atoms with Gasteiger partial charge in [0.15, 0.2) is 5.96 Å². The fourth-order valence-electron chi connectivity index (χ4n) is 3.20. The van der Waals surface area contributed by atoms with E-state index in [0.29, 0.717) is 19.0 Å². The lowest BCUT2D eigenvalue weighted by molar-refractivity contribution is 0.184. The number of aliphatic hydroxyl groups is 1. The lowest BCUT2D eigenvalue weighted by Gasteiger charge is -2.14. The molecule has 0 bridgehead atoms. The molecule has 6 nitrogen and oxygen atoms in total. The van der Waals surface area contributed by atoms with Crippen molar-refractivity contribution in [3.8, 4) is 0 Å². The molecule has 4 rings (SSSR count). The van der Waals surface area contributed by atoms with Crippen LogP contribution in [0.4, 0.5) is 0 Å². The predicted molar refractivity (Wildman–Crippen MR) is 116 cm³/mol. The number of guanidine groups is 1. The van der Waals surface area contributed by atoms with E-state index in [1.165, 1.54) is 4.70 Å². The number of rotatable bonds is 5. The molecular weight excluding hydrogens is 370 g/mol. The smallest absolute Gasteiger partial charge is 0.191 e. The van der Waals surface area contributed by atoms with Crippen LogP contribution in [-0.4, -0.2) is 34.2 Å². The molecule has 1 unspecified atom stereocenters. The second kappa shape index (κ2) is 8.00. The van der Waals surface area contributed by atoms with Crippen LogP contribution in [0, 0.1) is 0 Å². The number of aryl methyl sites for hydroxylation is 1. The summed E-state index contributed by atoms with van der Waals surface area (Å²) in [5.41, 5.74) is 2.08. The summed E-state index contributed by atoms with van der Waals surface area (Å²) in [4.78, 5) is 9.84. The van der Waals surface area contributed by atoms with Crippen molar-refractivity contribution in [1.82, 2.24) is 20.2 Å². The monoisotopic (exact) mass is 393 g/mol. The minimum absolute atomic E-state index is 0.384. The Morgan fingerprint density at radius 2 is 1.96 bits per heavy atom. The van der Waals surface area contributed by atoms with E-state index < -0.39 is 6.10 Å². The lowest BCUT2D eigenvalue weighted by atomic mass is 10.2. The van der Waals surface area contributed by atoms with Gasteiger partial charge in [-0.1, -0.05) is 30.3 Å². The minimum atomic E-state index is -0.591. The summed E-state index contributed by atoms with van der Waals surface area (Å²) in [7, 11) is 3.73. The van der Waals surface area contributed by atoms with Crippen LogP contribution in [0.5, 0.6) is 0 Å². The van der Waals surface area contributed by atoms with Gasteiger partial charge in [0, 0.05) is 30.2 Å². The van der Waals surface area contributed by atoms with Crippen molar-refractivity contribution < 1.29 is 5.11 Å². The number of thiophene rings is 1. The highest BCUT2D eigenvalue weighted by Crippen LogP contribution is 2.29. The molecule has 2 aromatic carbocycles. The zero-order valence-electron chi connectivity index (χ0n) is 15.9. The number of aliphatic imine (C=N–C) groups is 1. The molecule has 0 amide bonds. The second-order valence-electron chi connectivity index (χ2n) is 6.58. The molecule has 0 aliphatic rings. The molecule has 1 atom stereocenters. The van der Waals surface area contributed by atoms with E-state index in [2.05, 4.69) is 43.4 Å². The molecule has 2 aromatic heterocycles. The number of hydrogen-bond donors (Lipinski definition) is 3. The molecule has 0 saturated carbocycles. The first-order valence-corrected chi connectivity index (χ1v) is 9.99. The SMILES string of the molecule is CN=C(NCc1nc2ccccc2n1C)NCC(O)c1cc2ccccc2s1. The topological polar surface area (TPSA) is 74.5 Å². The van der Waals surface area contributed by atoms with E-state index in [0.717, 1.165) is 27.1 Å². The minimum Gasteiger partial charge on any atom is -0.386 e. The number of aliphatic hydroxyl groups excluding tert-OH is 1. The van der Waals surface area contributed by atoms with Crippen molar-refractivity contribution in [2.75, 3.05) is 13.6 Å². The van der Waals surface area contributed by atoms with Crippen LogP contribution in [0.25, 0.3) is 21.1 Å². The van der Waals surface area contributed by atoms with E-state index in [9.17, 15) is 5.11 Å². The van der Waals surface area contributed by atoms with Gasteiger partial charge in [0.2, 0.25) is 0 Å². The summed E-state index contributed by atoms with van der Waals surface area (Å²) in [5.74, 6) is 1.56. The Hall–Kier alpha value is -2.90. The Labute approximate surface area is 167 Å². The van der Waals surface area contributed by atoms with E-state index in [-0.39, 0.29) is 0 Å². The number of hydrogen-bond acceptors (Lipinski definition) is 4. The van der Waals surface area contributed by atoms with Gasteiger partial charge in [-0.2, -0.15) is 0 Å². The summed E-state index contributed by atoms with van der Waals surface area (Å²) in [6.07, 6.45) is -0.591. The van der Waals surface area contributed by atoms with Gasteiger partial charge in [0.25, 0.3) is 0 Å². The third-order valence-corrected chi connectivity index (χ3v) is 5.97. The Bertz CT molecular complexity index is 1100. The third kappa shape index (κ3) is 3.72. The highest BCUT2D eigenvalue weighted by atomic mass is 32.1. The van der Waals surface area contributed by atoms with Crippen LogP contribution < -0.4 is 10.6 Å². The van der Waals surface area contributed by atoms with Crippen molar-refractivity contribution in [3.63, 3.8) is 0 Å². The van der Waals surface area contributed by atoms with Crippen molar-refractivity contribution in [2.45, 2.75) is 12.6 Å². The maximum atomic E-state index is 10.5. The maximum Gasteiger partial charge on any atom is 0.191 e. The van der Waals surface area contributed by atoms with Crippen LogP contribution >= 0.6 is 11.3 Å². The van der Waals surface area contributed by atoms with Gasteiger partial charge in [-0.15, -0.1) is 11.3 Å². The van der Waals surface area contributed by atoms with E-state index >= 15 is 0 Å². The van der Waals surface area contributed by atoms with Gasteiger partial charge < -0.3 is 20.3 Å². The second-order valence-corrected chi connectivity index (χ2v) is 7.70. The Morgan fingerprint density at radius 1 is 1.18 bits per heavy atom. The third-order valence-electron chi connectivity index (χ3n) is 4.75. The van der Waals surface area contributed by atoms with Crippen molar-refractivity contribution >= 4 is 38.4 Å². The number of imidazole rings is 1. The average molecular weight is 394 g/mol. The Balaban J connectivity index is 1.37. The number of nitrogens with zero attached hydrogens (tertiary/aromatic N) is 3. The van der Waals surface area contributed by atoms with Crippen molar-refractivity contribution in [1.29, 1.82) is 0 Å². The quantitative estimate of drug-likeness (QED) is 0.360. The molecule has 4 aromatic rings. The molecule has 144 valence electrons. The van der Waals surface area contributed by atoms with Gasteiger partial charge in [-0.3, -0.25) is 4.99 Å². The van der Waals surface area contributed by atoms with Gasteiger partial charge >= 0.3 is 0 Å². The number of benzene rings is 2. The fraction of sp³-hybridized carbons (Fsp3) is 0.238. The molecule has 3 N–H and O–H groups in total. The molecule has 0 fully saturated rings. The largest absolute Gasteiger partial charge is 0.386 e. The first kappa shape index (κ1) is 18.5. The van der Waals surface area contributed by atoms with Crippen LogP contribution in [-0.2, 0) is 13.6 Å². The molecule has 0 aliphatic heterocycles. The van der Waals surface area contributed by atoms with E-state index in [1.54, 1.807) is 18.4 Å². The van der Waals surface area contributed by atoms with Crippen LogP contribution in [0.1, 0.15) is 16.8 Å². The summed E-state index contributed by atoms with van der Waals surface area (Å²) in [6, 6.07) is 18.3. The predicted octanol–water partition coefficient (Wildman–Crippen LogP) is 3.19. The zero-order valence-corrected chi connectivity index (χ0v) is 16.7. The number of para-hydroxylation sites is 2. The van der Waals surface area contributed by atoms with Crippen molar-refractivity contribution in [3.05, 3.63) is 65.3 Å². The molecule has 0 aliphatic carbocycles. The van der Waals surface area contributed by atoms with Gasteiger partial charge in [0.1, 0.15) is 11.9 Å². The summed E-state index contributed by atoms with van der Waals surface area (Å²) in [5, 5.41) is 18.2. The Kier molecular flexibility index (Phi) is 5.27. The Morgan fingerprint density at radius 3 is 2.75 bits per heavy atom. The lowest BCUT2D eigenvalue weighted by Crippen LogP contribution is -2.39. The van der Waals surface area contributed by atoms with Gasteiger partial charge in [-0.05, 0) is 29.7 Å². The molecular formula is C21H23N5OS. The van der Waals surface area contributed by atoms with Crippen LogP contribution in [0.3, 0.4) is 0 Å². The first-order valence-electron chi connectivity index (χ1n) is 9.17. The zero-order chi connectivity index (χ0) is 19.5. The normalized spacial score (nSPS) is 13.2. The number of nitrogens with one attached hydrogen (secondary N) is 2. The van der Waals surface area contributed by atoms with Crippen LogP contribution in [0.2, 0.25) is 0 Å². The molecule has 2 heterocycles. The molecule has 7 heteroatoms. The summed E-state index contributed by atoms with van der Waals surface area (Å²) in [6.45, 7) is 0.929. The van der Waals surface area contributed by atoms with Gasteiger partial charge in [-0.25, -0.2) is 4.98 Å². The molecule has 0 saturated heterocycles.